The largest absolute Gasteiger partial charge is 0.393 e. The molecule has 1 aromatic rings. The molecule has 0 radical (unpaired) electrons. The Balaban J connectivity index is 2.04. The van der Waals surface area contributed by atoms with E-state index in [-0.39, 0.29) is 11.5 Å². The number of fused-ring (bicyclic) bond motifs is 1. The Morgan fingerprint density at radius 2 is 2.12 bits per heavy atom. The van der Waals surface area contributed by atoms with Crippen LogP contribution in [0.25, 0.3) is 0 Å². The van der Waals surface area contributed by atoms with Crippen LogP contribution in [0.2, 0.25) is 10.0 Å². The van der Waals surface area contributed by atoms with Gasteiger partial charge in [-0.1, -0.05) is 29.3 Å². The molecule has 1 saturated heterocycles. The highest BCUT2D eigenvalue weighted by Gasteiger charge is 2.50. The molecule has 4 heteroatoms. The maximum absolute atomic E-state index is 9.90. The van der Waals surface area contributed by atoms with E-state index in [4.69, 9.17) is 23.2 Å². The average Bonchev–Trinajstić information content (AvgIpc) is 2.78. The fourth-order valence-electron chi connectivity index (χ4n) is 3.45. The third kappa shape index (κ3) is 1.78. The van der Waals surface area contributed by atoms with Crippen molar-refractivity contribution in [2.75, 3.05) is 13.1 Å². The molecule has 17 heavy (non-hydrogen) atoms. The second-order valence-corrected chi connectivity index (χ2v) is 6.02. The number of halogens is 2. The fraction of sp³-hybridized carbons (Fsp3) is 0.538. The normalized spacial score (nSPS) is 36.2. The molecular weight excluding hydrogens is 257 g/mol. The van der Waals surface area contributed by atoms with Gasteiger partial charge in [-0.3, -0.25) is 0 Å². The topological polar surface area (TPSA) is 32.3 Å². The van der Waals surface area contributed by atoms with E-state index in [9.17, 15) is 5.11 Å². The predicted octanol–water partition coefficient (Wildman–Crippen LogP) is 2.61. The second kappa shape index (κ2) is 4.13. The Labute approximate surface area is 111 Å². The van der Waals surface area contributed by atoms with Crippen molar-refractivity contribution < 1.29 is 5.11 Å². The molecular formula is C13H15Cl2NO. The van der Waals surface area contributed by atoms with Crippen molar-refractivity contribution >= 4 is 23.2 Å². The van der Waals surface area contributed by atoms with E-state index < -0.39 is 0 Å². The van der Waals surface area contributed by atoms with Crippen LogP contribution in [-0.4, -0.2) is 24.3 Å². The first-order valence-electron chi connectivity index (χ1n) is 5.96. The summed E-state index contributed by atoms with van der Waals surface area (Å²) in [7, 11) is 0. The van der Waals surface area contributed by atoms with Crippen LogP contribution < -0.4 is 5.32 Å². The third-order valence-electron chi connectivity index (χ3n) is 4.26. The van der Waals surface area contributed by atoms with Crippen LogP contribution in [0.3, 0.4) is 0 Å². The number of benzene rings is 1. The Bertz CT molecular complexity index is 451. The third-order valence-corrected chi connectivity index (χ3v) is 5.00. The smallest absolute Gasteiger partial charge is 0.0595 e. The minimum absolute atomic E-state index is 0.0493. The van der Waals surface area contributed by atoms with Gasteiger partial charge >= 0.3 is 0 Å². The first-order chi connectivity index (χ1) is 8.12. The number of aliphatic hydroxyl groups excluding tert-OH is 1. The summed E-state index contributed by atoms with van der Waals surface area (Å²) in [4.78, 5) is 0. The molecule has 92 valence electrons. The SMILES string of the molecule is O[C@H]1C[C@@H]2CNC[C@]2(c2ccc(Cl)c(Cl)c2)C1. The maximum atomic E-state index is 9.90. The zero-order chi connectivity index (χ0) is 12.0. The molecule has 0 amide bonds. The van der Waals surface area contributed by atoms with E-state index in [0.29, 0.717) is 16.0 Å². The summed E-state index contributed by atoms with van der Waals surface area (Å²) in [5.41, 5.74) is 1.26. The number of nitrogens with one attached hydrogen (secondary N) is 1. The molecule has 2 aliphatic rings. The lowest BCUT2D eigenvalue weighted by Gasteiger charge is -2.29. The van der Waals surface area contributed by atoms with Crippen LogP contribution in [0.5, 0.6) is 0 Å². The molecule has 3 rings (SSSR count). The number of rotatable bonds is 1. The molecule has 1 aromatic carbocycles. The van der Waals surface area contributed by atoms with Crippen LogP contribution >= 0.6 is 23.2 Å². The molecule has 0 unspecified atom stereocenters. The highest BCUT2D eigenvalue weighted by molar-refractivity contribution is 6.42. The molecule has 2 fully saturated rings. The van der Waals surface area contributed by atoms with Crippen LogP contribution in [0.1, 0.15) is 18.4 Å². The van der Waals surface area contributed by atoms with Gasteiger partial charge in [0.05, 0.1) is 16.1 Å². The molecule has 1 saturated carbocycles. The van der Waals surface area contributed by atoms with Crippen molar-refractivity contribution in [3.05, 3.63) is 33.8 Å². The number of hydrogen-bond acceptors (Lipinski definition) is 2. The molecule has 0 spiro atoms. The summed E-state index contributed by atoms with van der Waals surface area (Å²) in [5.74, 6) is 0.509. The molecule has 0 bridgehead atoms. The van der Waals surface area contributed by atoms with Gasteiger partial charge in [0.2, 0.25) is 0 Å². The standard InChI is InChI=1S/C13H15Cl2NO/c14-11-2-1-8(4-12(11)15)13-5-10(17)3-9(13)6-16-7-13/h1-2,4,9-10,16-17H,3,5-7H2/t9-,10+,13+/m1/s1. The predicted molar refractivity (Wildman–Crippen MR) is 69.7 cm³/mol. The first kappa shape index (κ1) is 11.8. The molecule has 1 aliphatic carbocycles. The van der Waals surface area contributed by atoms with E-state index in [2.05, 4.69) is 5.32 Å². The lowest BCUT2D eigenvalue weighted by Crippen LogP contribution is -2.31. The monoisotopic (exact) mass is 271 g/mol. The fourth-order valence-corrected chi connectivity index (χ4v) is 3.75. The van der Waals surface area contributed by atoms with Crippen molar-refractivity contribution in [1.82, 2.24) is 5.32 Å². The molecule has 1 aliphatic heterocycles. The molecule has 0 aromatic heterocycles. The van der Waals surface area contributed by atoms with Gasteiger partial charge in [0.15, 0.2) is 0 Å². The summed E-state index contributed by atoms with van der Waals surface area (Å²) >= 11 is 12.1. The van der Waals surface area contributed by atoms with Crippen molar-refractivity contribution in [1.29, 1.82) is 0 Å². The van der Waals surface area contributed by atoms with Gasteiger partial charge in [-0.05, 0) is 43.0 Å². The van der Waals surface area contributed by atoms with Gasteiger partial charge < -0.3 is 10.4 Å². The first-order valence-corrected chi connectivity index (χ1v) is 6.72. The number of hydrogen-bond donors (Lipinski definition) is 2. The lowest BCUT2D eigenvalue weighted by molar-refractivity contribution is 0.170. The van der Waals surface area contributed by atoms with Gasteiger partial charge in [-0.15, -0.1) is 0 Å². The van der Waals surface area contributed by atoms with Gasteiger partial charge in [0.1, 0.15) is 0 Å². The summed E-state index contributed by atoms with van der Waals surface area (Å²) < 4.78 is 0. The Morgan fingerprint density at radius 1 is 1.29 bits per heavy atom. The van der Waals surface area contributed by atoms with Crippen LogP contribution in [-0.2, 0) is 5.41 Å². The van der Waals surface area contributed by atoms with Crippen molar-refractivity contribution in [3.63, 3.8) is 0 Å². The van der Waals surface area contributed by atoms with Gasteiger partial charge in [-0.2, -0.15) is 0 Å². The Hall–Kier alpha value is -0.280. The molecule has 2 nitrogen and oxygen atoms in total. The zero-order valence-corrected chi connectivity index (χ0v) is 10.9. The highest BCUT2D eigenvalue weighted by atomic mass is 35.5. The van der Waals surface area contributed by atoms with Gasteiger partial charge in [0.25, 0.3) is 0 Å². The molecule has 3 atom stereocenters. The van der Waals surface area contributed by atoms with Crippen LogP contribution in [0.4, 0.5) is 0 Å². The summed E-state index contributed by atoms with van der Waals surface area (Å²) in [5, 5.41) is 14.5. The minimum Gasteiger partial charge on any atom is -0.393 e. The Morgan fingerprint density at radius 3 is 2.88 bits per heavy atom. The minimum atomic E-state index is -0.184. The lowest BCUT2D eigenvalue weighted by atomic mass is 9.74. The van der Waals surface area contributed by atoms with E-state index in [1.54, 1.807) is 0 Å². The second-order valence-electron chi connectivity index (χ2n) is 5.21. The van der Waals surface area contributed by atoms with E-state index >= 15 is 0 Å². The summed E-state index contributed by atoms with van der Waals surface area (Å²) in [6.45, 7) is 1.91. The van der Waals surface area contributed by atoms with Crippen molar-refractivity contribution in [3.8, 4) is 0 Å². The van der Waals surface area contributed by atoms with Crippen LogP contribution in [0.15, 0.2) is 18.2 Å². The van der Waals surface area contributed by atoms with Crippen molar-refractivity contribution in [2.45, 2.75) is 24.4 Å². The molecule has 2 N–H and O–H groups in total. The van der Waals surface area contributed by atoms with E-state index in [0.717, 1.165) is 25.9 Å². The van der Waals surface area contributed by atoms with Gasteiger partial charge in [0, 0.05) is 12.0 Å². The number of aliphatic hydroxyl groups is 1. The Kier molecular flexibility index (Phi) is 2.86. The average molecular weight is 272 g/mol. The summed E-state index contributed by atoms with van der Waals surface area (Å²) in [6.07, 6.45) is 1.52. The van der Waals surface area contributed by atoms with Gasteiger partial charge in [-0.25, -0.2) is 0 Å². The maximum Gasteiger partial charge on any atom is 0.0595 e. The van der Waals surface area contributed by atoms with E-state index in [1.807, 2.05) is 18.2 Å². The van der Waals surface area contributed by atoms with Crippen LogP contribution in [0, 0.1) is 5.92 Å². The summed E-state index contributed by atoms with van der Waals surface area (Å²) in [6, 6.07) is 5.86. The highest BCUT2D eigenvalue weighted by Crippen LogP contribution is 2.48. The quantitative estimate of drug-likeness (QED) is 0.823. The van der Waals surface area contributed by atoms with E-state index in [1.165, 1.54) is 5.56 Å². The van der Waals surface area contributed by atoms with Crippen molar-refractivity contribution in [2.24, 2.45) is 5.92 Å². The molecule has 1 heterocycles. The zero-order valence-electron chi connectivity index (χ0n) is 9.42.